The van der Waals surface area contributed by atoms with Crippen LogP contribution in [0.15, 0.2) is 158 Å². The molecule has 0 amide bonds. The van der Waals surface area contributed by atoms with Crippen LogP contribution in [0.4, 0.5) is 0 Å². The van der Waals surface area contributed by atoms with Gasteiger partial charge in [0.15, 0.2) is 0 Å². The van der Waals surface area contributed by atoms with E-state index >= 15 is 0 Å². The van der Waals surface area contributed by atoms with E-state index in [2.05, 4.69) is 153 Å². The van der Waals surface area contributed by atoms with Gasteiger partial charge in [-0.1, -0.05) is 139 Å². The first-order valence-electron chi connectivity index (χ1n) is 12.8. The van der Waals surface area contributed by atoms with Crippen LogP contribution < -0.4 is 0 Å². The predicted octanol–water partition coefficient (Wildman–Crippen LogP) is 9.50. The Kier molecular flexibility index (Phi) is 12.7. The van der Waals surface area contributed by atoms with Gasteiger partial charge < -0.3 is 0 Å². The van der Waals surface area contributed by atoms with Gasteiger partial charge in [-0.15, -0.1) is 0 Å². The van der Waals surface area contributed by atoms with E-state index < -0.39 is 0 Å². The van der Waals surface area contributed by atoms with Gasteiger partial charge in [0, 0.05) is 32.7 Å². The molecule has 6 aromatic rings. The zero-order chi connectivity index (χ0) is 25.5. The van der Waals surface area contributed by atoms with Crippen molar-refractivity contribution in [1.29, 1.82) is 0 Å². The van der Waals surface area contributed by atoms with Gasteiger partial charge in [-0.05, 0) is 47.2 Å². The largest absolute Gasteiger partial charge is 0.184 e. The maximum absolute atomic E-state index is 3.02. The molecule has 0 unspecified atom stereocenters. The van der Waals surface area contributed by atoms with Crippen molar-refractivity contribution in [2.24, 2.45) is 0 Å². The number of hydrogen-bond donors (Lipinski definition) is 0. The molecule has 1 heteroatoms. The number of rotatable bonds is 4. The summed E-state index contributed by atoms with van der Waals surface area (Å²) in [6, 6.07) is 57.6. The monoisotopic (exact) mass is 566 g/mol. The molecule has 0 saturated heterocycles. The summed E-state index contributed by atoms with van der Waals surface area (Å²) in [7, 11) is 0. The summed E-state index contributed by atoms with van der Waals surface area (Å²) in [5.74, 6) is 0. The first-order valence-corrected chi connectivity index (χ1v) is 12.8. The summed E-state index contributed by atoms with van der Waals surface area (Å²) < 4.78 is 0. The minimum Gasteiger partial charge on any atom is -0.184 e. The zero-order valence-electron chi connectivity index (χ0n) is 22.0. The van der Waals surface area contributed by atoms with Crippen molar-refractivity contribution in [3.8, 4) is 0 Å². The van der Waals surface area contributed by atoms with Crippen molar-refractivity contribution in [2.75, 3.05) is 0 Å². The maximum Gasteiger partial charge on any atom is 0 e. The predicted molar refractivity (Wildman–Crippen MR) is 159 cm³/mol. The fourth-order valence-corrected chi connectivity index (χ4v) is 4.16. The summed E-state index contributed by atoms with van der Waals surface area (Å²) in [5, 5.41) is 2.62. The third kappa shape index (κ3) is 10.2. The second kappa shape index (κ2) is 16.5. The van der Waals surface area contributed by atoms with Crippen LogP contribution in [0.1, 0.15) is 27.8 Å². The normalized spacial score (nSPS) is 9.71. The Morgan fingerprint density at radius 3 is 1.29 bits per heavy atom. The molecular formula is C37H33Y-. The molecule has 0 heterocycles. The zero-order valence-corrected chi connectivity index (χ0v) is 24.8. The third-order valence-electron chi connectivity index (χ3n) is 6.03. The van der Waals surface area contributed by atoms with Gasteiger partial charge in [0.25, 0.3) is 0 Å². The summed E-state index contributed by atoms with van der Waals surface area (Å²) in [6.07, 6.45) is 2.04. The molecule has 0 spiro atoms. The Balaban J connectivity index is 0.000000158. The van der Waals surface area contributed by atoms with E-state index in [1.807, 2.05) is 18.2 Å². The van der Waals surface area contributed by atoms with Gasteiger partial charge in [-0.3, -0.25) is 0 Å². The van der Waals surface area contributed by atoms with E-state index in [1.54, 1.807) is 0 Å². The Bertz CT molecular complexity index is 1360. The Hall–Kier alpha value is -3.32. The number of aryl methyl sites for hydroxylation is 1. The van der Waals surface area contributed by atoms with Crippen molar-refractivity contribution in [1.82, 2.24) is 0 Å². The van der Waals surface area contributed by atoms with Crippen LogP contribution in [0.5, 0.6) is 0 Å². The van der Waals surface area contributed by atoms with Crippen LogP contribution in [0, 0.1) is 13.0 Å². The summed E-state index contributed by atoms with van der Waals surface area (Å²) in [4.78, 5) is 0. The molecule has 0 aliphatic rings. The quantitative estimate of drug-likeness (QED) is 0.187. The van der Waals surface area contributed by atoms with Gasteiger partial charge in [0.05, 0.1) is 0 Å². The molecule has 0 nitrogen and oxygen atoms in total. The standard InChI is InChI=1S/C14H14.C13H11.C10H8.Y/c1-12-6-5-9-14(10-12)11-13-7-3-2-4-8-13;1-3-7-12(8-4-1)11-13-9-5-2-6-10-13;1-2-6-10-8-4-3-7-9(10)5-1;/h2-10H,11H2,1H3;1,3-10H,11H2;1-8H;/q;-1;;. The molecule has 0 aliphatic heterocycles. The summed E-state index contributed by atoms with van der Waals surface area (Å²) in [6.45, 7) is 2.13. The molecule has 0 aromatic heterocycles. The SMILES string of the molecule is Cc1cccc(Cc2ccccc2)c1.[Y].[c-]1ccc(Cc2ccccc2)cc1.c1ccc2ccccc2c1. The summed E-state index contributed by atoms with van der Waals surface area (Å²) in [5.41, 5.74) is 6.78. The van der Waals surface area contributed by atoms with Crippen LogP contribution in [-0.4, -0.2) is 0 Å². The molecule has 0 atom stereocenters. The first-order chi connectivity index (χ1) is 18.3. The van der Waals surface area contributed by atoms with E-state index in [0.717, 1.165) is 12.8 Å². The van der Waals surface area contributed by atoms with Gasteiger partial charge in [0.2, 0.25) is 0 Å². The molecule has 185 valence electrons. The van der Waals surface area contributed by atoms with Gasteiger partial charge in [-0.25, -0.2) is 0 Å². The minimum absolute atomic E-state index is 0. The Morgan fingerprint density at radius 1 is 0.421 bits per heavy atom. The fourth-order valence-electron chi connectivity index (χ4n) is 4.16. The van der Waals surface area contributed by atoms with Crippen molar-refractivity contribution in [3.05, 3.63) is 192 Å². The van der Waals surface area contributed by atoms with E-state index in [-0.39, 0.29) is 32.7 Å². The van der Waals surface area contributed by atoms with E-state index in [0.29, 0.717) is 0 Å². The number of hydrogen-bond acceptors (Lipinski definition) is 0. The second-order valence-corrected chi connectivity index (χ2v) is 9.07. The maximum atomic E-state index is 3.02. The van der Waals surface area contributed by atoms with Crippen molar-refractivity contribution >= 4 is 10.8 Å². The van der Waals surface area contributed by atoms with Crippen LogP contribution in [0.3, 0.4) is 0 Å². The van der Waals surface area contributed by atoms with E-state index in [1.165, 1.54) is 38.6 Å². The molecule has 6 rings (SSSR count). The average molecular weight is 567 g/mol. The molecule has 1 radical (unpaired) electrons. The van der Waals surface area contributed by atoms with E-state index in [9.17, 15) is 0 Å². The van der Waals surface area contributed by atoms with Crippen LogP contribution in [0.2, 0.25) is 0 Å². The molecule has 6 aromatic carbocycles. The minimum atomic E-state index is 0. The number of benzene rings is 6. The molecule has 0 bridgehead atoms. The molecular weight excluding hydrogens is 533 g/mol. The van der Waals surface area contributed by atoms with Gasteiger partial charge in [0.1, 0.15) is 0 Å². The third-order valence-corrected chi connectivity index (χ3v) is 6.03. The topological polar surface area (TPSA) is 0 Å². The van der Waals surface area contributed by atoms with Gasteiger partial charge in [-0.2, -0.15) is 35.9 Å². The van der Waals surface area contributed by atoms with Crippen molar-refractivity contribution in [3.63, 3.8) is 0 Å². The molecule has 0 aliphatic carbocycles. The van der Waals surface area contributed by atoms with Crippen LogP contribution in [-0.2, 0) is 45.6 Å². The molecule has 0 fully saturated rings. The first kappa shape index (κ1) is 29.2. The Labute approximate surface area is 253 Å². The average Bonchev–Trinajstić information content (AvgIpc) is 2.96. The van der Waals surface area contributed by atoms with Gasteiger partial charge >= 0.3 is 0 Å². The number of fused-ring (bicyclic) bond motifs is 1. The Morgan fingerprint density at radius 2 is 0.816 bits per heavy atom. The van der Waals surface area contributed by atoms with Crippen LogP contribution in [0.25, 0.3) is 10.8 Å². The smallest absolute Gasteiger partial charge is 0 e. The van der Waals surface area contributed by atoms with Crippen LogP contribution >= 0.6 is 0 Å². The molecule has 0 saturated carbocycles. The summed E-state index contributed by atoms with van der Waals surface area (Å²) >= 11 is 0. The second-order valence-electron chi connectivity index (χ2n) is 9.07. The van der Waals surface area contributed by atoms with E-state index in [4.69, 9.17) is 0 Å². The molecule has 38 heavy (non-hydrogen) atoms. The van der Waals surface area contributed by atoms with Crippen molar-refractivity contribution < 1.29 is 32.7 Å². The fraction of sp³-hybridized carbons (Fsp3) is 0.0811. The van der Waals surface area contributed by atoms with Crippen molar-refractivity contribution in [2.45, 2.75) is 19.8 Å². The molecule has 0 N–H and O–H groups in total.